The number of aliphatic imine (C=N–C) groups is 1. The van der Waals surface area contributed by atoms with Crippen LogP contribution in [-0.4, -0.2) is 33.7 Å². The number of para-hydroxylation sites is 1. The summed E-state index contributed by atoms with van der Waals surface area (Å²) < 4.78 is 0. The Labute approximate surface area is 182 Å². The summed E-state index contributed by atoms with van der Waals surface area (Å²) in [5, 5.41) is 3.06. The Morgan fingerprint density at radius 2 is 1.77 bits per heavy atom. The molecule has 1 aliphatic heterocycles. The summed E-state index contributed by atoms with van der Waals surface area (Å²) in [6, 6.07) is 11.8. The van der Waals surface area contributed by atoms with Gasteiger partial charge in [-0.3, -0.25) is 14.5 Å². The molecule has 0 saturated carbocycles. The smallest absolute Gasteiger partial charge is 0.242 e. The van der Waals surface area contributed by atoms with Crippen molar-refractivity contribution >= 4 is 40.1 Å². The highest BCUT2D eigenvalue weighted by Crippen LogP contribution is 2.34. The summed E-state index contributed by atoms with van der Waals surface area (Å²) in [6.07, 6.45) is 1.77. The van der Waals surface area contributed by atoms with E-state index in [4.69, 9.17) is 4.99 Å². The van der Waals surface area contributed by atoms with E-state index in [0.29, 0.717) is 11.7 Å². The molecule has 0 unspecified atom stereocenters. The van der Waals surface area contributed by atoms with E-state index in [1.165, 1.54) is 11.8 Å². The molecule has 1 aliphatic rings. The van der Waals surface area contributed by atoms with Crippen LogP contribution in [0.25, 0.3) is 0 Å². The number of aryl methyl sites for hydroxylation is 3. The average molecular weight is 422 g/mol. The van der Waals surface area contributed by atoms with Gasteiger partial charge in [-0.1, -0.05) is 48.2 Å². The maximum atomic E-state index is 13.0. The van der Waals surface area contributed by atoms with Crippen LogP contribution in [0.5, 0.6) is 0 Å². The van der Waals surface area contributed by atoms with Crippen LogP contribution in [0, 0.1) is 27.7 Å². The number of nitrogens with one attached hydrogen (secondary N) is 1. The molecule has 2 amide bonds. The van der Waals surface area contributed by atoms with Gasteiger partial charge in [0.2, 0.25) is 11.8 Å². The molecule has 1 heterocycles. The fourth-order valence-corrected chi connectivity index (χ4v) is 4.51. The first kappa shape index (κ1) is 21.8. The quantitative estimate of drug-likeness (QED) is 0.663. The third-order valence-corrected chi connectivity index (χ3v) is 6.40. The van der Waals surface area contributed by atoms with Gasteiger partial charge in [0.05, 0.1) is 5.69 Å². The van der Waals surface area contributed by atoms with Gasteiger partial charge in [-0.05, 0) is 56.0 Å². The van der Waals surface area contributed by atoms with Crippen molar-refractivity contribution in [3.8, 4) is 0 Å². The number of hydrogen-bond donors (Lipinski definition) is 1. The summed E-state index contributed by atoms with van der Waals surface area (Å²) in [5.74, 6) is -0.289. The van der Waals surface area contributed by atoms with Gasteiger partial charge in [-0.25, -0.2) is 4.99 Å². The highest BCUT2D eigenvalue weighted by Gasteiger charge is 2.38. The van der Waals surface area contributed by atoms with Crippen LogP contribution < -0.4 is 5.32 Å². The predicted molar refractivity (Wildman–Crippen MR) is 125 cm³/mol. The van der Waals surface area contributed by atoms with E-state index in [9.17, 15) is 9.59 Å². The van der Waals surface area contributed by atoms with Gasteiger partial charge >= 0.3 is 0 Å². The standard InChI is InChI=1S/C24H27N3O2S/c1-6-13-27-23(29)20(14-21(28)25-19-12-8-9-15(2)18(19)5)30-24(27)26-22-16(3)10-7-11-17(22)4/h6-12,20H,1,13-14H2,2-5H3,(H,25,28)/t20-/m0/s1. The van der Waals surface area contributed by atoms with E-state index < -0.39 is 5.25 Å². The number of amides is 2. The Balaban J connectivity index is 1.80. The second-order valence-corrected chi connectivity index (χ2v) is 8.65. The third-order valence-electron chi connectivity index (χ3n) is 5.23. The topological polar surface area (TPSA) is 61.8 Å². The number of nitrogens with zero attached hydrogens (tertiary/aromatic N) is 2. The summed E-state index contributed by atoms with van der Waals surface area (Å²) in [6.45, 7) is 12.1. The van der Waals surface area contributed by atoms with Crippen molar-refractivity contribution in [1.82, 2.24) is 4.90 Å². The van der Waals surface area contributed by atoms with Crippen LogP contribution in [0.1, 0.15) is 28.7 Å². The number of amidine groups is 1. The fourth-order valence-electron chi connectivity index (χ4n) is 3.36. The first-order valence-electron chi connectivity index (χ1n) is 9.91. The number of carbonyl (C=O) groups is 2. The molecule has 2 aromatic rings. The highest BCUT2D eigenvalue weighted by atomic mass is 32.2. The molecule has 1 saturated heterocycles. The highest BCUT2D eigenvalue weighted by molar-refractivity contribution is 8.15. The lowest BCUT2D eigenvalue weighted by atomic mass is 10.1. The van der Waals surface area contributed by atoms with E-state index in [0.717, 1.165) is 33.6 Å². The second-order valence-electron chi connectivity index (χ2n) is 7.48. The lowest BCUT2D eigenvalue weighted by Crippen LogP contribution is -2.33. The van der Waals surface area contributed by atoms with Crippen LogP contribution in [-0.2, 0) is 9.59 Å². The van der Waals surface area contributed by atoms with Gasteiger partial charge in [0.1, 0.15) is 5.25 Å². The number of hydrogen-bond acceptors (Lipinski definition) is 4. The van der Waals surface area contributed by atoms with Crippen molar-refractivity contribution in [2.45, 2.75) is 39.4 Å². The molecule has 3 rings (SSSR count). The maximum absolute atomic E-state index is 13.0. The van der Waals surface area contributed by atoms with E-state index in [1.54, 1.807) is 11.0 Å². The molecule has 0 radical (unpaired) electrons. The average Bonchev–Trinajstić information content (AvgIpc) is 2.97. The monoisotopic (exact) mass is 421 g/mol. The second kappa shape index (κ2) is 9.30. The molecular formula is C24H27N3O2S. The van der Waals surface area contributed by atoms with Crippen LogP contribution in [0.4, 0.5) is 11.4 Å². The summed E-state index contributed by atoms with van der Waals surface area (Å²) >= 11 is 1.34. The zero-order valence-corrected chi connectivity index (χ0v) is 18.7. The molecule has 6 heteroatoms. The minimum atomic E-state index is -0.502. The van der Waals surface area contributed by atoms with Crippen LogP contribution in [0.2, 0.25) is 0 Å². The van der Waals surface area contributed by atoms with Crippen LogP contribution >= 0.6 is 11.8 Å². The molecule has 30 heavy (non-hydrogen) atoms. The van der Waals surface area contributed by atoms with Crippen LogP contribution in [0.3, 0.4) is 0 Å². The predicted octanol–water partition coefficient (Wildman–Crippen LogP) is 5.07. The minimum Gasteiger partial charge on any atom is -0.326 e. The van der Waals surface area contributed by atoms with Crippen molar-refractivity contribution in [3.63, 3.8) is 0 Å². The van der Waals surface area contributed by atoms with E-state index in [2.05, 4.69) is 11.9 Å². The van der Waals surface area contributed by atoms with Gasteiger partial charge in [0, 0.05) is 18.7 Å². The SMILES string of the molecule is C=CCN1C(=O)[C@H](CC(=O)Nc2cccc(C)c2C)SC1=Nc1c(C)cccc1C. The molecule has 0 aliphatic carbocycles. The first-order chi connectivity index (χ1) is 14.3. The first-order valence-corrected chi connectivity index (χ1v) is 10.8. The van der Waals surface area contributed by atoms with Crippen molar-refractivity contribution in [3.05, 3.63) is 71.3 Å². The Hall–Kier alpha value is -2.86. The number of anilines is 1. The Bertz CT molecular complexity index is 1010. The van der Waals surface area contributed by atoms with Gasteiger partial charge in [-0.2, -0.15) is 0 Å². The van der Waals surface area contributed by atoms with Crippen LogP contribution in [0.15, 0.2) is 54.0 Å². The normalized spacial score (nSPS) is 17.5. The number of benzene rings is 2. The van der Waals surface area contributed by atoms with Gasteiger partial charge < -0.3 is 5.32 Å². The Kier molecular flexibility index (Phi) is 6.77. The van der Waals surface area contributed by atoms with Crippen molar-refractivity contribution in [2.75, 3.05) is 11.9 Å². The van der Waals surface area contributed by atoms with Gasteiger partial charge in [-0.15, -0.1) is 6.58 Å². The lowest BCUT2D eigenvalue weighted by molar-refractivity contribution is -0.127. The van der Waals surface area contributed by atoms with E-state index in [-0.39, 0.29) is 18.2 Å². The van der Waals surface area contributed by atoms with E-state index >= 15 is 0 Å². The summed E-state index contributed by atoms with van der Waals surface area (Å²) in [7, 11) is 0. The van der Waals surface area contributed by atoms with Crippen molar-refractivity contribution in [2.24, 2.45) is 4.99 Å². The lowest BCUT2D eigenvalue weighted by Gasteiger charge is -2.15. The zero-order chi connectivity index (χ0) is 21.8. The molecule has 0 aromatic heterocycles. The van der Waals surface area contributed by atoms with Crippen molar-refractivity contribution in [1.29, 1.82) is 0 Å². The largest absolute Gasteiger partial charge is 0.326 e. The molecule has 1 N–H and O–H groups in total. The molecular weight excluding hydrogens is 394 g/mol. The molecule has 2 aromatic carbocycles. The maximum Gasteiger partial charge on any atom is 0.242 e. The van der Waals surface area contributed by atoms with E-state index in [1.807, 2.05) is 64.1 Å². The minimum absolute atomic E-state index is 0.0936. The molecule has 156 valence electrons. The fraction of sp³-hybridized carbons (Fsp3) is 0.292. The number of carbonyl (C=O) groups excluding carboxylic acids is 2. The van der Waals surface area contributed by atoms with Gasteiger partial charge in [0.25, 0.3) is 0 Å². The molecule has 5 nitrogen and oxygen atoms in total. The number of thioether (sulfide) groups is 1. The number of rotatable bonds is 6. The summed E-state index contributed by atoms with van der Waals surface area (Å²) in [5.41, 5.74) is 5.88. The Morgan fingerprint density at radius 1 is 1.13 bits per heavy atom. The molecule has 1 atom stereocenters. The van der Waals surface area contributed by atoms with Crippen molar-refractivity contribution < 1.29 is 9.59 Å². The molecule has 1 fully saturated rings. The Morgan fingerprint density at radius 3 is 2.43 bits per heavy atom. The summed E-state index contributed by atoms with van der Waals surface area (Å²) in [4.78, 5) is 32.0. The molecule has 0 bridgehead atoms. The zero-order valence-electron chi connectivity index (χ0n) is 17.9. The third kappa shape index (κ3) is 4.65. The molecule has 0 spiro atoms. The van der Waals surface area contributed by atoms with Gasteiger partial charge in [0.15, 0.2) is 5.17 Å².